The van der Waals surface area contributed by atoms with Gasteiger partial charge in [0.1, 0.15) is 0 Å². The van der Waals surface area contributed by atoms with Gasteiger partial charge in [0, 0.05) is 24.7 Å². The Balaban J connectivity index is 2.39. The van der Waals surface area contributed by atoms with Crippen LogP contribution < -0.4 is 0 Å². The number of nitro benzene ring substituents is 1. The summed E-state index contributed by atoms with van der Waals surface area (Å²) in [6.07, 6.45) is 1.84. The summed E-state index contributed by atoms with van der Waals surface area (Å²) >= 11 is 0. The molecule has 0 N–H and O–H groups in total. The van der Waals surface area contributed by atoms with Crippen LogP contribution in [-0.2, 0) is 10.0 Å². The van der Waals surface area contributed by atoms with E-state index in [1.807, 2.05) is 6.92 Å². The van der Waals surface area contributed by atoms with Gasteiger partial charge in [0.25, 0.3) is 5.69 Å². The van der Waals surface area contributed by atoms with Crippen molar-refractivity contribution >= 4 is 15.7 Å². The molecule has 1 aliphatic rings. The van der Waals surface area contributed by atoms with Crippen molar-refractivity contribution in [1.82, 2.24) is 4.31 Å². The molecule has 0 aromatic heterocycles. The number of nitrogens with zero attached hydrogens (tertiary/aromatic N) is 2. The third kappa shape index (κ3) is 2.83. The molecule has 1 fully saturated rings. The van der Waals surface area contributed by atoms with Crippen LogP contribution in [-0.4, -0.2) is 30.7 Å². The lowest BCUT2D eigenvalue weighted by Gasteiger charge is -2.29. The third-order valence-corrected chi connectivity index (χ3v) is 5.50. The Labute approximate surface area is 118 Å². The fourth-order valence-corrected chi connectivity index (χ4v) is 4.08. The molecule has 0 saturated carbocycles. The maximum absolute atomic E-state index is 12.5. The number of rotatable bonds is 3. The molecule has 110 valence electrons. The van der Waals surface area contributed by atoms with Gasteiger partial charge in [0.2, 0.25) is 10.0 Å². The molecule has 0 radical (unpaired) electrons. The Morgan fingerprint density at radius 1 is 1.40 bits per heavy atom. The minimum absolute atomic E-state index is 0.00361. The SMILES string of the molecule is Cc1ccc(S(=O)(=O)N2CCC[C@@H](C)C2)cc1[N+](=O)[O-]. The van der Waals surface area contributed by atoms with Gasteiger partial charge in [-0.25, -0.2) is 8.42 Å². The molecule has 6 nitrogen and oxygen atoms in total. The van der Waals surface area contributed by atoms with Crippen molar-refractivity contribution in [3.63, 3.8) is 0 Å². The highest BCUT2D eigenvalue weighted by molar-refractivity contribution is 7.89. The first-order chi connectivity index (χ1) is 9.32. The molecule has 0 bridgehead atoms. The average molecular weight is 298 g/mol. The Morgan fingerprint density at radius 2 is 2.10 bits per heavy atom. The van der Waals surface area contributed by atoms with Crippen molar-refractivity contribution in [3.05, 3.63) is 33.9 Å². The molecule has 1 aliphatic heterocycles. The van der Waals surface area contributed by atoms with Crippen LogP contribution in [0.3, 0.4) is 0 Å². The smallest absolute Gasteiger partial charge is 0.258 e. The number of benzene rings is 1. The quantitative estimate of drug-likeness (QED) is 0.633. The van der Waals surface area contributed by atoms with E-state index in [4.69, 9.17) is 0 Å². The summed E-state index contributed by atoms with van der Waals surface area (Å²) < 4.78 is 26.5. The minimum Gasteiger partial charge on any atom is -0.258 e. The third-order valence-electron chi connectivity index (χ3n) is 3.63. The molecule has 2 rings (SSSR count). The zero-order valence-corrected chi connectivity index (χ0v) is 12.4. The molecule has 1 atom stereocenters. The molecular formula is C13H18N2O4S. The Morgan fingerprint density at radius 3 is 2.70 bits per heavy atom. The maximum Gasteiger partial charge on any atom is 0.273 e. The summed E-state index contributed by atoms with van der Waals surface area (Å²) in [7, 11) is -3.64. The number of hydrogen-bond acceptors (Lipinski definition) is 4. The largest absolute Gasteiger partial charge is 0.273 e. The van der Waals surface area contributed by atoms with Crippen molar-refractivity contribution in [2.24, 2.45) is 5.92 Å². The highest BCUT2D eigenvalue weighted by Gasteiger charge is 2.30. The van der Waals surface area contributed by atoms with Gasteiger partial charge >= 0.3 is 0 Å². The van der Waals surface area contributed by atoms with Crippen molar-refractivity contribution in [2.45, 2.75) is 31.6 Å². The van der Waals surface area contributed by atoms with E-state index >= 15 is 0 Å². The van der Waals surface area contributed by atoms with Gasteiger partial charge in [-0.05, 0) is 31.7 Å². The average Bonchev–Trinajstić information content (AvgIpc) is 2.38. The Bertz CT molecular complexity index is 627. The van der Waals surface area contributed by atoms with Crippen LogP contribution in [0.5, 0.6) is 0 Å². The molecule has 1 aromatic rings. The topological polar surface area (TPSA) is 80.5 Å². The van der Waals surface area contributed by atoms with Crippen LogP contribution in [0.25, 0.3) is 0 Å². The maximum atomic E-state index is 12.5. The van der Waals surface area contributed by atoms with E-state index < -0.39 is 14.9 Å². The van der Waals surface area contributed by atoms with Crippen LogP contribution in [0.4, 0.5) is 5.69 Å². The van der Waals surface area contributed by atoms with E-state index in [0.717, 1.165) is 18.9 Å². The highest BCUT2D eigenvalue weighted by atomic mass is 32.2. The minimum atomic E-state index is -3.64. The zero-order valence-electron chi connectivity index (χ0n) is 11.6. The summed E-state index contributed by atoms with van der Waals surface area (Å²) in [5, 5.41) is 10.9. The summed E-state index contributed by atoms with van der Waals surface area (Å²) in [5.41, 5.74) is 0.303. The molecular weight excluding hydrogens is 280 g/mol. The fourth-order valence-electron chi connectivity index (χ4n) is 2.46. The Kier molecular flexibility index (Phi) is 4.10. The first kappa shape index (κ1) is 14.9. The number of aryl methyl sites for hydroxylation is 1. The molecule has 0 amide bonds. The predicted octanol–water partition coefficient (Wildman–Crippen LogP) is 2.32. The van der Waals surface area contributed by atoms with E-state index in [-0.39, 0.29) is 10.6 Å². The number of piperidine rings is 1. The molecule has 1 aromatic carbocycles. The number of nitro groups is 1. The van der Waals surface area contributed by atoms with Crippen molar-refractivity contribution in [2.75, 3.05) is 13.1 Å². The Hall–Kier alpha value is -1.47. The molecule has 1 saturated heterocycles. The predicted molar refractivity (Wildman–Crippen MR) is 75.0 cm³/mol. The summed E-state index contributed by atoms with van der Waals surface area (Å²) in [6, 6.07) is 4.08. The number of hydrogen-bond donors (Lipinski definition) is 0. The van der Waals surface area contributed by atoms with Crippen molar-refractivity contribution in [3.8, 4) is 0 Å². The van der Waals surface area contributed by atoms with E-state index in [2.05, 4.69) is 0 Å². The van der Waals surface area contributed by atoms with Gasteiger partial charge in [0.05, 0.1) is 9.82 Å². The summed E-state index contributed by atoms with van der Waals surface area (Å²) in [6.45, 7) is 4.56. The van der Waals surface area contributed by atoms with E-state index in [1.54, 1.807) is 6.92 Å². The van der Waals surface area contributed by atoms with Crippen LogP contribution in [0.1, 0.15) is 25.3 Å². The summed E-state index contributed by atoms with van der Waals surface area (Å²) in [4.78, 5) is 10.4. The summed E-state index contributed by atoms with van der Waals surface area (Å²) in [5.74, 6) is 0.318. The van der Waals surface area contributed by atoms with Gasteiger partial charge in [-0.15, -0.1) is 0 Å². The van der Waals surface area contributed by atoms with Gasteiger partial charge in [-0.2, -0.15) is 4.31 Å². The van der Waals surface area contributed by atoms with Crippen molar-refractivity contribution in [1.29, 1.82) is 0 Å². The first-order valence-corrected chi connectivity index (χ1v) is 8.01. The first-order valence-electron chi connectivity index (χ1n) is 6.57. The van der Waals surface area contributed by atoms with Gasteiger partial charge < -0.3 is 0 Å². The standard InChI is InChI=1S/C13H18N2O4S/c1-10-4-3-7-14(9-10)20(18,19)12-6-5-11(2)13(8-12)15(16)17/h5-6,8,10H,3-4,7,9H2,1-2H3/t10-/m1/s1. The highest BCUT2D eigenvalue weighted by Crippen LogP contribution is 2.27. The lowest BCUT2D eigenvalue weighted by atomic mass is 10.0. The van der Waals surface area contributed by atoms with Crippen LogP contribution >= 0.6 is 0 Å². The van der Waals surface area contributed by atoms with Crippen LogP contribution in [0.15, 0.2) is 23.1 Å². The molecule has 1 heterocycles. The molecule has 0 aliphatic carbocycles. The van der Waals surface area contributed by atoms with Gasteiger partial charge in [-0.3, -0.25) is 10.1 Å². The lowest BCUT2D eigenvalue weighted by Crippen LogP contribution is -2.39. The van der Waals surface area contributed by atoms with Crippen LogP contribution in [0, 0.1) is 23.0 Å². The molecule has 7 heteroatoms. The monoisotopic (exact) mass is 298 g/mol. The van der Waals surface area contributed by atoms with Gasteiger partial charge in [-0.1, -0.05) is 13.0 Å². The molecule has 20 heavy (non-hydrogen) atoms. The normalized spacial score (nSPS) is 20.8. The van der Waals surface area contributed by atoms with E-state index in [0.29, 0.717) is 24.6 Å². The number of sulfonamides is 1. The van der Waals surface area contributed by atoms with E-state index in [1.165, 1.54) is 16.4 Å². The second kappa shape index (κ2) is 5.49. The zero-order chi connectivity index (χ0) is 14.9. The van der Waals surface area contributed by atoms with Crippen molar-refractivity contribution < 1.29 is 13.3 Å². The van der Waals surface area contributed by atoms with Gasteiger partial charge in [0.15, 0.2) is 0 Å². The second-order valence-corrected chi connectivity index (χ2v) is 7.25. The molecule has 0 unspecified atom stereocenters. The van der Waals surface area contributed by atoms with E-state index in [9.17, 15) is 18.5 Å². The lowest BCUT2D eigenvalue weighted by molar-refractivity contribution is -0.385. The fraction of sp³-hybridized carbons (Fsp3) is 0.538. The molecule has 0 spiro atoms. The second-order valence-electron chi connectivity index (χ2n) is 5.32. The van der Waals surface area contributed by atoms with Crippen LogP contribution in [0.2, 0.25) is 0 Å².